The van der Waals surface area contributed by atoms with Gasteiger partial charge in [0, 0.05) is 41.1 Å². The van der Waals surface area contributed by atoms with E-state index >= 15 is 0 Å². The second-order valence-corrected chi connectivity index (χ2v) is 8.45. The number of hydrogen-bond acceptors (Lipinski definition) is 8. The first-order valence-corrected chi connectivity index (χ1v) is 10.5. The molecule has 31 heavy (non-hydrogen) atoms. The molecular weight excluding hydrogens is 446 g/mol. The fourth-order valence-electron chi connectivity index (χ4n) is 3.19. The van der Waals surface area contributed by atoms with Crippen molar-refractivity contribution in [2.75, 3.05) is 13.2 Å². The molecule has 4 atom stereocenters. The average Bonchev–Trinajstić information content (AvgIpc) is 3.12. The van der Waals surface area contributed by atoms with Crippen LogP contribution >= 0.6 is 25.3 Å². The van der Waals surface area contributed by atoms with Crippen molar-refractivity contribution in [2.24, 2.45) is 11.7 Å². The highest BCUT2D eigenvalue weighted by Gasteiger charge is 2.41. The van der Waals surface area contributed by atoms with Gasteiger partial charge in [0.25, 0.3) is 5.69 Å². The zero-order valence-electron chi connectivity index (χ0n) is 16.8. The molecule has 1 aliphatic heterocycles. The number of rotatable bonds is 8. The third kappa shape index (κ3) is 6.92. The Morgan fingerprint density at radius 3 is 2.55 bits per heavy atom. The Morgan fingerprint density at radius 1 is 1.32 bits per heavy atom. The van der Waals surface area contributed by atoms with Gasteiger partial charge >= 0.3 is 12.1 Å². The lowest BCUT2D eigenvalue weighted by Gasteiger charge is -2.31. The van der Waals surface area contributed by atoms with E-state index in [1.807, 2.05) is 0 Å². The van der Waals surface area contributed by atoms with Crippen molar-refractivity contribution in [3.8, 4) is 0 Å². The average molecular weight is 472 g/mol. The van der Waals surface area contributed by atoms with Crippen LogP contribution in [0.25, 0.3) is 0 Å². The van der Waals surface area contributed by atoms with Crippen molar-refractivity contribution in [1.82, 2.24) is 15.5 Å². The fourth-order valence-corrected chi connectivity index (χ4v) is 4.00. The van der Waals surface area contributed by atoms with Crippen molar-refractivity contribution in [3.63, 3.8) is 0 Å². The van der Waals surface area contributed by atoms with Gasteiger partial charge in [-0.25, -0.2) is 9.59 Å². The summed E-state index contributed by atoms with van der Waals surface area (Å²) in [6.07, 6.45) is -0.0527. The number of primary amides is 1. The number of carbonyl (C=O) groups excluding carboxylic acids is 3. The Morgan fingerprint density at radius 2 is 1.97 bits per heavy atom. The molecule has 1 saturated heterocycles. The highest BCUT2D eigenvalue weighted by molar-refractivity contribution is 7.81. The molecule has 2 rings (SSSR count). The minimum Gasteiger partial charge on any atom is -0.445 e. The van der Waals surface area contributed by atoms with Gasteiger partial charge in [-0.1, -0.05) is 6.92 Å². The summed E-state index contributed by atoms with van der Waals surface area (Å²) in [5.41, 5.74) is 5.51. The van der Waals surface area contributed by atoms with E-state index in [-0.39, 0.29) is 36.2 Å². The van der Waals surface area contributed by atoms with E-state index in [9.17, 15) is 24.5 Å². The smallest absolute Gasteiger partial charge is 0.410 e. The number of nitro groups is 1. The van der Waals surface area contributed by atoms with E-state index in [0.29, 0.717) is 18.5 Å². The number of non-ortho nitro benzene ring substituents is 1. The van der Waals surface area contributed by atoms with E-state index in [2.05, 4.69) is 35.9 Å². The molecule has 1 fully saturated rings. The second-order valence-electron chi connectivity index (χ2n) is 7.13. The van der Waals surface area contributed by atoms with E-state index < -0.39 is 28.2 Å². The van der Waals surface area contributed by atoms with E-state index in [0.717, 1.165) is 0 Å². The molecule has 1 aromatic carbocycles. The molecule has 0 aliphatic carbocycles. The molecule has 1 aromatic rings. The lowest BCUT2D eigenvalue weighted by molar-refractivity contribution is -0.384. The molecule has 0 spiro atoms. The predicted molar refractivity (Wildman–Crippen MR) is 119 cm³/mol. The molecule has 4 N–H and O–H groups in total. The summed E-state index contributed by atoms with van der Waals surface area (Å²) in [6.45, 7) is 1.84. The van der Waals surface area contributed by atoms with Gasteiger partial charge in [-0.3, -0.25) is 14.9 Å². The topological polar surface area (TPSA) is 157 Å². The summed E-state index contributed by atoms with van der Waals surface area (Å²) in [4.78, 5) is 47.4. The van der Waals surface area contributed by atoms with Crippen LogP contribution in [0.3, 0.4) is 0 Å². The van der Waals surface area contributed by atoms with Crippen molar-refractivity contribution < 1.29 is 24.0 Å². The molecular formula is C18H25N5O6S2. The molecule has 0 aromatic heterocycles. The maximum atomic E-state index is 12.7. The molecule has 4 amide bonds. The van der Waals surface area contributed by atoms with Gasteiger partial charge in [-0.2, -0.15) is 25.3 Å². The Balaban J connectivity index is 1.95. The van der Waals surface area contributed by atoms with Crippen LogP contribution < -0.4 is 16.4 Å². The van der Waals surface area contributed by atoms with E-state index in [1.54, 1.807) is 6.92 Å². The summed E-state index contributed by atoms with van der Waals surface area (Å²) in [5, 5.41) is 14.9. The number of nitrogens with two attached hydrogens (primary N) is 1. The van der Waals surface area contributed by atoms with Gasteiger partial charge in [0.05, 0.1) is 11.6 Å². The van der Waals surface area contributed by atoms with Crippen molar-refractivity contribution in [2.45, 2.75) is 36.5 Å². The van der Waals surface area contributed by atoms with Crippen LogP contribution in [0.1, 0.15) is 18.9 Å². The number of nitrogens with zero attached hydrogens (tertiary/aromatic N) is 2. The Kier molecular flexibility index (Phi) is 8.80. The third-order valence-electron chi connectivity index (χ3n) is 4.91. The van der Waals surface area contributed by atoms with Gasteiger partial charge in [0.2, 0.25) is 5.91 Å². The lowest BCUT2D eigenvalue weighted by Crippen LogP contribution is -2.48. The highest BCUT2D eigenvalue weighted by atomic mass is 32.1. The number of ether oxygens (including phenoxy) is 1. The maximum Gasteiger partial charge on any atom is 0.410 e. The number of urea groups is 1. The van der Waals surface area contributed by atoms with Crippen molar-refractivity contribution in [3.05, 3.63) is 39.9 Å². The Hall–Kier alpha value is -2.67. The summed E-state index contributed by atoms with van der Waals surface area (Å²) in [6, 6.07) is 4.56. The summed E-state index contributed by atoms with van der Waals surface area (Å²) < 4.78 is 5.36. The van der Waals surface area contributed by atoms with Crippen LogP contribution in [0.5, 0.6) is 0 Å². The lowest BCUT2D eigenvalue weighted by atomic mass is 9.98. The molecule has 0 radical (unpaired) electrons. The molecule has 11 nitrogen and oxygen atoms in total. The first-order chi connectivity index (χ1) is 14.6. The highest BCUT2D eigenvalue weighted by Crippen LogP contribution is 2.31. The van der Waals surface area contributed by atoms with E-state index in [4.69, 9.17) is 10.5 Å². The number of carbonyl (C=O) groups is 3. The van der Waals surface area contributed by atoms with E-state index in [1.165, 1.54) is 29.2 Å². The van der Waals surface area contributed by atoms with Crippen molar-refractivity contribution in [1.29, 1.82) is 0 Å². The number of nitro benzene ring substituents is 1. The fraction of sp³-hybridized carbons (Fsp3) is 0.500. The number of benzene rings is 1. The first-order valence-electron chi connectivity index (χ1n) is 9.44. The monoisotopic (exact) mass is 471 g/mol. The summed E-state index contributed by atoms with van der Waals surface area (Å²) in [7, 11) is 0. The molecule has 0 bridgehead atoms. The van der Waals surface area contributed by atoms with Crippen LogP contribution in [0.15, 0.2) is 24.3 Å². The van der Waals surface area contributed by atoms with Gasteiger partial charge in [-0.15, -0.1) is 0 Å². The Labute approximate surface area is 190 Å². The quantitative estimate of drug-likeness (QED) is 0.166. The zero-order valence-corrected chi connectivity index (χ0v) is 18.6. The molecule has 13 heteroatoms. The van der Waals surface area contributed by atoms with Crippen LogP contribution in [0.4, 0.5) is 15.3 Å². The van der Waals surface area contributed by atoms with Gasteiger partial charge < -0.3 is 26.0 Å². The number of nitrogens with one attached hydrogen (secondary N) is 2. The Bertz CT molecular complexity index is 824. The number of amides is 4. The van der Waals surface area contributed by atoms with Gasteiger partial charge in [0.15, 0.2) is 0 Å². The molecule has 4 unspecified atom stereocenters. The zero-order chi connectivity index (χ0) is 23.1. The van der Waals surface area contributed by atoms with Crippen LogP contribution in [0, 0.1) is 16.0 Å². The normalized spacial score (nSPS) is 19.9. The molecule has 1 heterocycles. The van der Waals surface area contributed by atoms with Crippen LogP contribution in [-0.4, -0.2) is 57.6 Å². The standard InChI is InChI=1S/C18H25N5O6S2/c1-10(16(24)20-9-21-17(19)25)15(31)14-6-13(30)7-22(14)18(26)29-8-11-2-4-12(5-3-11)23(27)28/h2-5,10,13-15,30-31H,6-9H2,1H3,(H,20,24)(H3,19,21,25). The molecule has 0 saturated carbocycles. The summed E-state index contributed by atoms with van der Waals surface area (Å²) >= 11 is 9.02. The predicted octanol–water partition coefficient (Wildman–Crippen LogP) is 1.28. The largest absolute Gasteiger partial charge is 0.445 e. The second kappa shape index (κ2) is 11.1. The van der Waals surface area contributed by atoms with Crippen molar-refractivity contribution >= 4 is 49.0 Å². The first kappa shape index (κ1) is 24.6. The number of hydrogen-bond donors (Lipinski definition) is 5. The third-order valence-corrected chi connectivity index (χ3v) is 6.08. The summed E-state index contributed by atoms with van der Waals surface area (Å²) in [5.74, 6) is -0.929. The van der Waals surface area contributed by atoms with Gasteiger partial charge in [0.1, 0.15) is 6.61 Å². The SMILES string of the molecule is CC(C(=O)NCNC(N)=O)C(S)C1CC(S)CN1C(=O)OCc1ccc([N+](=O)[O-])cc1. The number of likely N-dealkylation sites (tertiary alicyclic amines) is 1. The minimum atomic E-state index is -0.758. The van der Waals surface area contributed by atoms with Crippen LogP contribution in [0.2, 0.25) is 0 Å². The minimum absolute atomic E-state index is 0.0520. The molecule has 170 valence electrons. The molecule has 1 aliphatic rings. The van der Waals surface area contributed by atoms with Gasteiger partial charge in [-0.05, 0) is 24.1 Å². The maximum absolute atomic E-state index is 12.7. The van der Waals surface area contributed by atoms with Crippen LogP contribution in [-0.2, 0) is 16.1 Å². The number of thiol groups is 2.